The lowest BCUT2D eigenvalue weighted by atomic mass is 10.1. The average Bonchev–Trinajstić information content (AvgIpc) is 2.26. The second-order valence-electron chi connectivity index (χ2n) is 2.81. The molecule has 0 unspecified atom stereocenters. The maximum absolute atomic E-state index is 12.0. The average molecular weight is 306 g/mol. The van der Waals surface area contributed by atoms with Crippen molar-refractivity contribution in [3.05, 3.63) is 27.7 Å². The summed E-state index contributed by atoms with van der Waals surface area (Å²) >= 11 is 2.99. The fourth-order valence-corrected chi connectivity index (χ4v) is 1.67. The van der Waals surface area contributed by atoms with E-state index in [9.17, 15) is 13.6 Å². The Hall–Kier alpha value is -1.68. The van der Waals surface area contributed by atoms with E-state index in [1.165, 1.54) is 6.07 Å². The minimum atomic E-state index is -3.01. The zero-order valence-corrected chi connectivity index (χ0v) is 10.1. The van der Waals surface area contributed by atoms with Crippen LogP contribution in [0, 0.1) is 11.3 Å². The van der Waals surface area contributed by atoms with Crippen LogP contribution in [0.5, 0.6) is 5.75 Å². The molecule has 1 rings (SSSR count). The van der Waals surface area contributed by atoms with E-state index in [4.69, 9.17) is 5.26 Å². The summed E-state index contributed by atoms with van der Waals surface area (Å²) in [4.78, 5) is 11.3. The highest BCUT2D eigenvalue weighted by Gasteiger charge is 2.18. The summed E-state index contributed by atoms with van der Waals surface area (Å²) < 4.78 is 32.8. The maximum atomic E-state index is 12.0. The Kier molecular flexibility index (Phi) is 4.40. The molecule has 7 heteroatoms. The van der Waals surface area contributed by atoms with Crippen molar-refractivity contribution in [2.75, 3.05) is 7.11 Å². The normalized spacial score (nSPS) is 9.88. The van der Waals surface area contributed by atoms with E-state index in [0.29, 0.717) is 0 Å². The van der Waals surface area contributed by atoms with E-state index in [1.807, 2.05) is 0 Å². The van der Waals surface area contributed by atoms with E-state index in [2.05, 4.69) is 25.4 Å². The number of halogens is 3. The van der Waals surface area contributed by atoms with E-state index in [-0.39, 0.29) is 21.3 Å². The summed E-state index contributed by atoms with van der Waals surface area (Å²) in [5.41, 5.74) is -0.140. The van der Waals surface area contributed by atoms with Crippen LogP contribution in [0.25, 0.3) is 0 Å². The van der Waals surface area contributed by atoms with E-state index < -0.39 is 12.6 Å². The second-order valence-corrected chi connectivity index (χ2v) is 3.66. The number of nitriles is 1. The SMILES string of the molecule is COC(=O)c1cc(OC(F)F)cc(Br)c1C#N. The van der Waals surface area contributed by atoms with Gasteiger partial charge in [0.2, 0.25) is 0 Å². The number of hydrogen-bond donors (Lipinski definition) is 0. The van der Waals surface area contributed by atoms with Crippen LogP contribution in [0.2, 0.25) is 0 Å². The minimum Gasteiger partial charge on any atom is -0.465 e. The monoisotopic (exact) mass is 305 g/mol. The minimum absolute atomic E-state index is 0.00142. The molecule has 4 nitrogen and oxygen atoms in total. The van der Waals surface area contributed by atoms with Gasteiger partial charge in [0.15, 0.2) is 0 Å². The molecule has 0 N–H and O–H groups in total. The third-order valence-corrected chi connectivity index (χ3v) is 2.43. The van der Waals surface area contributed by atoms with E-state index in [1.54, 1.807) is 6.07 Å². The lowest BCUT2D eigenvalue weighted by molar-refractivity contribution is -0.0499. The van der Waals surface area contributed by atoms with Gasteiger partial charge < -0.3 is 9.47 Å². The van der Waals surface area contributed by atoms with Crippen LogP contribution < -0.4 is 4.74 Å². The van der Waals surface area contributed by atoms with Crippen molar-refractivity contribution in [2.45, 2.75) is 6.61 Å². The molecule has 0 radical (unpaired) electrons. The molecule has 0 spiro atoms. The molecule has 0 saturated heterocycles. The smallest absolute Gasteiger partial charge is 0.387 e. The van der Waals surface area contributed by atoms with Gasteiger partial charge in [-0.15, -0.1) is 0 Å². The highest BCUT2D eigenvalue weighted by Crippen LogP contribution is 2.28. The van der Waals surface area contributed by atoms with Crippen molar-refractivity contribution >= 4 is 21.9 Å². The Morgan fingerprint density at radius 3 is 2.65 bits per heavy atom. The first-order valence-corrected chi connectivity index (χ1v) is 5.05. The molecule has 1 aromatic rings. The van der Waals surface area contributed by atoms with Gasteiger partial charge in [0.1, 0.15) is 11.8 Å². The number of hydrogen-bond acceptors (Lipinski definition) is 4. The van der Waals surface area contributed by atoms with Crippen molar-refractivity contribution in [3.63, 3.8) is 0 Å². The maximum Gasteiger partial charge on any atom is 0.387 e. The number of esters is 1. The van der Waals surface area contributed by atoms with Gasteiger partial charge in [-0.2, -0.15) is 14.0 Å². The van der Waals surface area contributed by atoms with Gasteiger partial charge in [0.25, 0.3) is 0 Å². The first-order valence-electron chi connectivity index (χ1n) is 4.26. The highest BCUT2D eigenvalue weighted by molar-refractivity contribution is 9.10. The van der Waals surface area contributed by atoms with Crippen LogP contribution in [0.1, 0.15) is 15.9 Å². The van der Waals surface area contributed by atoms with Gasteiger partial charge in [-0.3, -0.25) is 0 Å². The molecule has 17 heavy (non-hydrogen) atoms. The lowest BCUT2D eigenvalue weighted by Gasteiger charge is -2.09. The summed E-state index contributed by atoms with van der Waals surface area (Å²) in [7, 11) is 1.12. The van der Waals surface area contributed by atoms with Gasteiger partial charge in [0.05, 0.1) is 18.2 Å². The quantitative estimate of drug-likeness (QED) is 0.806. The molecule has 0 bridgehead atoms. The van der Waals surface area contributed by atoms with Crippen LogP contribution in [0.15, 0.2) is 16.6 Å². The zero-order valence-electron chi connectivity index (χ0n) is 8.54. The van der Waals surface area contributed by atoms with Crippen molar-refractivity contribution in [3.8, 4) is 11.8 Å². The van der Waals surface area contributed by atoms with Gasteiger partial charge in [-0.05, 0) is 28.1 Å². The summed E-state index contributed by atoms with van der Waals surface area (Å²) in [6.45, 7) is -3.01. The molecule has 0 aliphatic heterocycles. The van der Waals surface area contributed by atoms with Gasteiger partial charge in [-0.25, -0.2) is 4.79 Å². The number of carbonyl (C=O) groups is 1. The molecule has 0 heterocycles. The number of rotatable bonds is 3. The summed E-state index contributed by atoms with van der Waals surface area (Å²) in [6.07, 6.45) is 0. The first kappa shape index (κ1) is 13.4. The van der Waals surface area contributed by atoms with Gasteiger partial charge in [0, 0.05) is 4.47 Å². The fraction of sp³-hybridized carbons (Fsp3) is 0.200. The summed E-state index contributed by atoms with van der Waals surface area (Å²) in [6, 6.07) is 3.98. The Bertz CT molecular complexity index is 485. The number of carbonyl (C=O) groups excluding carboxylic acids is 1. The molecule has 0 fully saturated rings. The number of benzene rings is 1. The zero-order chi connectivity index (χ0) is 13.0. The Morgan fingerprint density at radius 2 is 2.18 bits per heavy atom. The molecule has 90 valence electrons. The second kappa shape index (κ2) is 5.59. The van der Waals surface area contributed by atoms with Crippen molar-refractivity contribution in [1.82, 2.24) is 0 Å². The van der Waals surface area contributed by atoms with Crippen molar-refractivity contribution in [2.24, 2.45) is 0 Å². The molecule has 0 aliphatic carbocycles. The number of nitrogens with zero attached hydrogens (tertiary/aromatic N) is 1. The molecule has 1 aromatic carbocycles. The van der Waals surface area contributed by atoms with E-state index in [0.717, 1.165) is 13.2 Å². The Morgan fingerprint density at radius 1 is 1.53 bits per heavy atom. The van der Waals surface area contributed by atoms with Crippen LogP contribution >= 0.6 is 15.9 Å². The number of methoxy groups -OCH3 is 1. The van der Waals surface area contributed by atoms with Gasteiger partial charge >= 0.3 is 12.6 Å². The lowest BCUT2D eigenvalue weighted by Crippen LogP contribution is -2.08. The molecule has 0 aliphatic rings. The van der Waals surface area contributed by atoms with Crippen LogP contribution in [0.3, 0.4) is 0 Å². The summed E-state index contributed by atoms with van der Waals surface area (Å²) in [5.74, 6) is -1.03. The highest BCUT2D eigenvalue weighted by atomic mass is 79.9. The third kappa shape index (κ3) is 3.14. The Labute approximate surface area is 104 Å². The third-order valence-electron chi connectivity index (χ3n) is 1.81. The molecule has 0 atom stereocenters. The van der Waals surface area contributed by atoms with E-state index >= 15 is 0 Å². The fourth-order valence-electron chi connectivity index (χ4n) is 1.14. The molecular weight excluding hydrogens is 300 g/mol. The summed E-state index contributed by atoms with van der Waals surface area (Å²) in [5, 5.41) is 8.84. The molecular formula is C10H6BrF2NO3. The van der Waals surface area contributed by atoms with Crippen LogP contribution in [-0.4, -0.2) is 19.7 Å². The van der Waals surface area contributed by atoms with Crippen molar-refractivity contribution < 1.29 is 23.0 Å². The number of alkyl halides is 2. The Balaban J connectivity index is 3.29. The van der Waals surface area contributed by atoms with Crippen LogP contribution in [-0.2, 0) is 4.74 Å². The standard InChI is InChI=1S/C10H6BrF2NO3/c1-16-9(15)6-2-5(17-10(12)13)3-8(11)7(6)4-14/h2-3,10H,1H3. The van der Waals surface area contributed by atoms with Crippen molar-refractivity contribution in [1.29, 1.82) is 5.26 Å². The predicted octanol–water partition coefficient (Wildman–Crippen LogP) is 2.71. The molecule has 0 saturated carbocycles. The molecule has 0 aromatic heterocycles. The largest absolute Gasteiger partial charge is 0.465 e. The topological polar surface area (TPSA) is 59.3 Å². The predicted molar refractivity (Wildman–Crippen MR) is 56.8 cm³/mol. The molecule has 0 amide bonds. The first-order chi connectivity index (χ1) is 7.99. The van der Waals surface area contributed by atoms with Gasteiger partial charge in [-0.1, -0.05) is 0 Å². The number of ether oxygens (including phenoxy) is 2. The van der Waals surface area contributed by atoms with Crippen LogP contribution in [0.4, 0.5) is 8.78 Å².